The number of likely N-dealkylation sites (tertiary alicyclic amines) is 1. The number of piperidine rings is 1. The minimum absolute atomic E-state index is 0.00937. The van der Waals surface area contributed by atoms with Crippen LogP contribution in [-0.2, 0) is 9.53 Å². The van der Waals surface area contributed by atoms with Gasteiger partial charge in [0, 0.05) is 33.4 Å². The highest BCUT2D eigenvalue weighted by Crippen LogP contribution is 2.17. The van der Waals surface area contributed by atoms with Crippen LogP contribution in [0.1, 0.15) is 25.7 Å². The van der Waals surface area contributed by atoms with E-state index < -0.39 is 12.1 Å². The predicted octanol–water partition coefficient (Wildman–Crippen LogP) is -0.353. The molecule has 5 N–H and O–H groups in total. The molecule has 1 aliphatic rings. The first-order valence-corrected chi connectivity index (χ1v) is 7.11. The van der Waals surface area contributed by atoms with E-state index in [1.165, 1.54) is 0 Å². The average molecular weight is 286 g/mol. The third-order valence-electron chi connectivity index (χ3n) is 3.58. The van der Waals surface area contributed by atoms with Gasteiger partial charge in [-0.2, -0.15) is 0 Å². The second-order valence-electron chi connectivity index (χ2n) is 5.28. The van der Waals surface area contributed by atoms with Crippen molar-refractivity contribution in [3.8, 4) is 0 Å². The molecule has 0 saturated carbocycles. The van der Waals surface area contributed by atoms with Crippen LogP contribution in [0.2, 0.25) is 0 Å². The number of primary amides is 1. The first kappa shape index (κ1) is 16.7. The molecule has 0 bridgehead atoms. The van der Waals surface area contributed by atoms with Gasteiger partial charge in [-0.15, -0.1) is 0 Å². The van der Waals surface area contributed by atoms with E-state index >= 15 is 0 Å². The summed E-state index contributed by atoms with van der Waals surface area (Å²) < 4.78 is 4.96. The SMILES string of the molecule is COCCCC(N)C(=O)N1CCCC(CNC(N)=O)C1. The monoisotopic (exact) mass is 286 g/mol. The fourth-order valence-corrected chi connectivity index (χ4v) is 2.48. The van der Waals surface area contributed by atoms with Gasteiger partial charge in [-0.05, 0) is 31.6 Å². The fraction of sp³-hybridized carbons (Fsp3) is 0.846. The van der Waals surface area contributed by atoms with E-state index in [-0.39, 0.29) is 11.8 Å². The highest BCUT2D eigenvalue weighted by Gasteiger charge is 2.26. The zero-order valence-electron chi connectivity index (χ0n) is 12.1. The maximum atomic E-state index is 12.2. The Labute approximate surface area is 120 Å². The highest BCUT2D eigenvalue weighted by atomic mass is 16.5. The molecule has 1 rings (SSSR count). The smallest absolute Gasteiger partial charge is 0.312 e. The Bertz CT molecular complexity index is 325. The minimum Gasteiger partial charge on any atom is -0.385 e. The van der Waals surface area contributed by atoms with E-state index in [4.69, 9.17) is 16.2 Å². The quantitative estimate of drug-likeness (QED) is 0.555. The normalized spacial score (nSPS) is 20.5. The van der Waals surface area contributed by atoms with Crippen molar-refractivity contribution in [1.82, 2.24) is 10.2 Å². The van der Waals surface area contributed by atoms with Crippen LogP contribution >= 0.6 is 0 Å². The standard InChI is InChI=1S/C13H26N4O3/c1-20-7-3-5-11(14)12(18)17-6-2-4-10(9-17)8-16-13(15)19/h10-11H,2-9,14H2,1H3,(H3,15,16,19). The Balaban J connectivity index is 2.37. The van der Waals surface area contributed by atoms with Gasteiger partial charge < -0.3 is 26.4 Å². The molecule has 20 heavy (non-hydrogen) atoms. The largest absolute Gasteiger partial charge is 0.385 e. The number of ether oxygens (including phenoxy) is 1. The number of urea groups is 1. The number of rotatable bonds is 7. The van der Waals surface area contributed by atoms with Gasteiger partial charge >= 0.3 is 6.03 Å². The van der Waals surface area contributed by atoms with Gasteiger partial charge in [-0.25, -0.2) is 4.79 Å². The van der Waals surface area contributed by atoms with Crippen molar-refractivity contribution in [3.05, 3.63) is 0 Å². The van der Waals surface area contributed by atoms with Gasteiger partial charge in [0.25, 0.3) is 0 Å². The molecule has 0 spiro atoms. The number of hydrogen-bond acceptors (Lipinski definition) is 4. The van der Waals surface area contributed by atoms with Gasteiger partial charge in [0.1, 0.15) is 0 Å². The Kier molecular flexibility index (Phi) is 7.32. The molecule has 0 radical (unpaired) electrons. The van der Waals surface area contributed by atoms with Crippen molar-refractivity contribution < 1.29 is 14.3 Å². The van der Waals surface area contributed by atoms with Crippen LogP contribution in [0.5, 0.6) is 0 Å². The van der Waals surface area contributed by atoms with Crippen LogP contribution in [-0.4, -0.2) is 56.2 Å². The predicted molar refractivity (Wildman–Crippen MR) is 76.0 cm³/mol. The van der Waals surface area contributed by atoms with Crippen LogP contribution in [0.25, 0.3) is 0 Å². The molecule has 0 aliphatic carbocycles. The summed E-state index contributed by atoms with van der Waals surface area (Å²) in [5, 5.41) is 2.60. The lowest BCUT2D eigenvalue weighted by Gasteiger charge is -2.34. The molecule has 7 heteroatoms. The van der Waals surface area contributed by atoms with Gasteiger partial charge in [0.15, 0.2) is 0 Å². The van der Waals surface area contributed by atoms with Gasteiger partial charge in [0.05, 0.1) is 6.04 Å². The first-order chi connectivity index (χ1) is 9.54. The molecule has 3 amide bonds. The summed E-state index contributed by atoms with van der Waals surface area (Å²) in [6.45, 7) is 2.51. The Morgan fingerprint density at radius 2 is 2.25 bits per heavy atom. The van der Waals surface area contributed by atoms with Crippen molar-refractivity contribution in [3.63, 3.8) is 0 Å². The molecule has 7 nitrogen and oxygen atoms in total. The maximum absolute atomic E-state index is 12.2. The van der Waals surface area contributed by atoms with Crippen LogP contribution in [0.3, 0.4) is 0 Å². The van der Waals surface area contributed by atoms with E-state index in [0.29, 0.717) is 26.1 Å². The van der Waals surface area contributed by atoms with Crippen molar-refractivity contribution in [2.75, 3.05) is 33.4 Å². The number of nitrogens with zero attached hydrogens (tertiary/aromatic N) is 1. The molecule has 2 unspecified atom stereocenters. The molecule has 1 heterocycles. The fourth-order valence-electron chi connectivity index (χ4n) is 2.48. The van der Waals surface area contributed by atoms with Crippen molar-refractivity contribution in [2.45, 2.75) is 31.7 Å². The molecule has 1 fully saturated rings. The van der Waals surface area contributed by atoms with Crippen LogP contribution < -0.4 is 16.8 Å². The summed E-state index contributed by atoms with van der Waals surface area (Å²) in [4.78, 5) is 24.7. The number of hydrogen-bond donors (Lipinski definition) is 3. The lowest BCUT2D eigenvalue weighted by molar-refractivity contribution is -0.134. The second-order valence-corrected chi connectivity index (χ2v) is 5.28. The van der Waals surface area contributed by atoms with Gasteiger partial charge in [0.2, 0.25) is 5.91 Å². The number of methoxy groups -OCH3 is 1. The molecular formula is C13H26N4O3. The van der Waals surface area contributed by atoms with E-state index in [9.17, 15) is 9.59 Å². The van der Waals surface area contributed by atoms with Gasteiger partial charge in [-0.1, -0.05) is 0 Å². The lowest BCUT2D eigenvalue weighted by atomic mass is 9.97. The summed E-state index contributed by atoms with van der Waals surface area (Å²) >= 11 is 0. The highest BCUT2D eigenvalue weighted by molar-refractivity contribution is 5.81. The van der Waals surface area contributed by atoms with E-state index in [0.717, 1.165) is 25.8 Å². The molecule has 2 atom stereocenters. The molecule has 1 saturated heterocycles. The Morgan fingerprint density at radius 3 is 2.90 bits per heavy atom. The number of amides is 3. The lowest BCUT2D eigenvalue weighted by Crippen LogP contribution is -2.50. The average Bonchev–Trinajstić information content (AvgIpc) is 2.44. The van der Waals surface area contributed by atoms with Crippen LogP contribution in [0.15, 0.2) is 0 Å². The topological polar surface area (TPSA) is 111 Å². The summed E-state index contributed by atoms with van der Waals surface area (Å²) in [5.41, 5.74) is 11.0. The minimum atomic E-state index is -0.523. The molecule has 0 aromatic rings. The number of nitrogens with one attached hydrogen (secondary N) is 1. The number of carbonyl (C=O) groups is 2. The third-order valence-corrected chi connectivity index (χ3v) is 3.58. The van der Waals surface area contributed by atoms with Crippen molar-refractivity contribution in [1.29, 1.82) is 0 Å². The van der Waals surface area contributed by atoms with E-state index in [1.54, 1.807) is 12.0 Å². The summed E-state index contributed by atoms with van der Waals surface area (Å²) in [5.74, 6) is 0.247. The van der Waals surface area contributed by atoms with E-state index in [2.05, 4.69) is 5.32 Å². The summed E-state index contributed by atoms with van der Waals surface area (Å²) in [7, 11) is 1.63. The van der Waals surface area contributed by atoms with Crippen molar-refractivity contribution >= 4 is 11.9 Å². The van der Waals surface area contributed by atoms with Gasteiger partial charge in [-0.3, -0.25) is 4.79 Å². The summed E-state index contributed by atoms with van der Waals surface area (Å²) in [6, 6.07) is -0.988. The number of carbonyl (C=O) groups excluding carboxylic acids is 2. The molecule has 1 aliphatic heterocycles. The zero-order valence-corrected chi connectivity index (χ0v) is 12.1. The molecule has 0 aromatic heterocycles. The Morgan fingerprint density at radius 1 is 1.50 bits per heavy atom. The van der Waals surface area contributed by atoms with Crippen molar-refractivity contribution in [2.24, 2.45) is 17.4 Å². The number of nitrogens with two attached hydrogens (primary N) is 2. The summed E-state index contributed by atoms with van der Waals surface area (Å²) in [6.07, 6.45) is 3.34. The molecular weight excluding hydrogens is 260 g/mol. The Hall–Kier alpha value is -1.34. The maximum Gasteiger partial charge on any atom is 0.312 e. The second kappa shape index (κ2) is 8.76. The molecule has 0 aromatic carbocycles. The molecule has 116 valence electrons. The van der Waals surface area contributed by atoms with Crippen LogP contribution in [0.4, 0.5) is 4.79 Å². The van der Waals surface area contributed by atoms with E-state index in [1.807, 2.05) is 0 Å². The zero-order chi connectivity index (χ0) is 15.0. The third kappa shape index (κ3) is 5.75. The first-order valence-electron chi connectivity index (χ1n) is 7.11. The van der Waals surface area contributed by atoms with Crippen LogP contribution in [0, 0.1) is 5.92 Å².